The number of carbonyl (C=O) groups excluding carboxylic acids is 1. The molecule has 0 aromatic heterocycles. The first-order chi connectivity index (χ1) is 12.5. The van der Waals surface area contributed by atoms with Gasteiger partial charge in [-0.1, -0.05) is 30.3 Å². The van der Waals surface area contributed by atoms with Crippen LogP contribution in [0.2, 0.25) is 0 Å². The summed E-state index contributed by atoms with van der Waals surface area (Å²) in [5, 5.41) is 42.3. The Morgan fingerprint density at radius 2 is 1.77 bits per heavy atom. The predicted molar refractivity (Wildman–Crippen MR) is 91.9 cm³/mol. The molecule has 3 unspecified atom stereocenters. The molecule has 134 valence electrons. The molecule has 2 aromatic rings. The molecule has 0 aliphatic carbocycles. The minimum Gasteiger partial charge on any atom is -0.394 e. The first kappa shape index (κ1) is 19.1. The molecule has 0 bridgehead atoms. The second kappa shape index (κ2) is 8.71. The van der Waals surface area contributed by atoms with Gasteiger partial charge in [0.15, 0.2) is 0 Å². The largest absolute Gasteiger partial charge is 0.394 e. The van der Waals surface area contributed by atoms with Gasteiger partial charge in [0.05, 0.1) is 23.6 Å². The number of benzene rings is 2. The summed E-state index contributed by atoms with van der Waals surface area (Å²) in [6, 6.07) is 14.4. The number of nitro groups is 1. The molecule has 0 saturated heterocycles. The van der Waals surface area contributed by atoms with Gasteiger partial charge in [-0.2, -0.15) is 5.26 Å². The lowest BCUT2D eigenvalue weighted by molar-refractivity contribution is -0.384. The molecule has 0 aliphatic heterocycles. The summed E-state index contributed by atoms with van der Waals surface area (Å²) >= 11 is 0. The Labute approximate surface area is 149 Å². The van der Waals surface area contributed by atoms with Crippen LogP contribution in [0, 0.1) is 21.4 Å². The maximum Gasteiger partial charge on any atom is 0.269 e. The lowest BCUT2D eigenvalue weighted by atomic mass is 9.97. The molecular weight excluding hydrogens is 338 g/mol. The van der Waals surface area contributed by atoms with Gasteiger partial charge in [-0.05, 0) is 23.3 Å². The maximum atomic E-state index is 12.4. The fourth-order valence-electron chi connectivity index (χ4n) is 2.45. The average molecular weight is 355 g/mol. The van der Waals surface area contributed by atoms with Crippen molar-refractivity contribution >= 4 is 11.6 Å². The van der Waals surface area contributed by atoms with Gasteiger partial charge >= 0.3 is 0 Å². The van der Waals surface area contributed by atoms with Crippen molar-refractivity contribution in [2.75, 3.05) is 6.61 Å². The van der Waals surface area contributed by atoms with Crippen molar-refractivity contribution in [2.24, 2.45) is 0 Å². The number of nitrogens with one attached hydrogen (secondary N) is 1. The fraction of sp³-hybridized carbons (Fsp3) is 0.222. The summed E-state index contributed by atoms with van der Waals surface area (Å²) in [4.78, 5) is 22.5. The quantitative estimate of drug-likeness (QED) is 0.507. The molecule has 0 heterocycles. The Morgan fingerprint density at radius 1 is 1.15 bits per heavy atom. The van der Waals surface area contributed by atoms with E-state index < -0.39 is 35.5 Å². The topological polar surface area (TPSA) is 136 Å². The minimum absolute atomic E-state index is 0.140. The molecule has 8 heteroatoms. The number of nitriles is 1. The van der Waals surface area contributed by atoms with E-state index in [4.69, 9.17) is 0 Å². The first-order valence-corrected chi connectivity index (χ1v) is 7.76. The van der Waals surface area contributed by atoms with Gasteiger partial charge in [0.1, 0.15) is 12.0 Å². The lowest BCUT2D eigenvalue weighted by Crippen LogP contribution is -2.43. The molecule has 0 spiro atoms. The summed E-state index contributed by atoms with van der Waals surface area (Å²) in [5.74, 6) is -1.74. The van der Waals surface area contributed by atoms with Crippen molar-refractivity contribution in [1.82, 2.24) is 5.32 Å². The maximum absolute atomic E-state index is 12.4. The van der Waals surface area contributed by atoms with E-state index in [1.165, 1.54) is 24.3 Å². The lowest BCUT2D eigenvalue weighted by Gasteiger charge is -2.23. The standard InChI is InChI=1S/C18H17N3O5/c19-10-15(12-4-2-1-3-5-12)18(24)20-16(11-22)17(23)13-6-8-14(9-7-13)21(25)26/h1-9,15-17,22-23H,11H2,(H,20,24). The van der Waals surface area contributed by atoms with Crippen molar-refractivity contribution in [2.45, 2.75) is 18.1 Å². The molecule has 26 heavy (non-hydrogen) atoms. The number of hydrogen-bond acceptors (Lipinski definition) is 6. The van der Waals surface area contributed by atoms with Crippen LogP contribution in [0.25, 0.3) is 0 Å². The number of carbonyl (C=O) groups is 1. The van der Waals surface area contributed by atoms with Gasteiger partial charge in [0.25, 0.3) is 5.69 Å². The molecule has 3 N–H and O–H groups in total. The van der Waals surface area contributed by atoms with Gasteiger partial charge in [-0.15, -0.1) is 0 Å². The molecule has 2 rings (SSSR count). The normalized spacial score (nSPS) is 13.9. The predicted octanol–water partition coefficient (Wildman–Crippen LogP) is 1.41. The molecule has 1 amide bonds. The van der Waals surface area contributed by atoms with Crippen LogP contribution in [-0.2, 0) is 4.79 Å². The Kier molecular flexibility index (Phi) is 6.38. The smallest absolute Gasteiger partial charge is 0.269 e. The van der Waals surface area contributed by atoms with Crippen LogP contribution in [0.1, 0.15) is 23.1 Å². The second-order valence-corrected chi connectivity index (χ2v) is 5.56. The highest BCUT2D eigenvalue weighted by atomic mass is 16.6. The van der Waals surface area contributed by atoms with E-state index in [0.717, 1.165) is 0 Å². The summed E-state index contributed by atoms with van der Waals surface area (Å²) < 4.78 is 0. The second-order valence-electron chi connectivity index (χ2n) is 5.56. The van der Waals surface area contributed by atoms with Gasteiger partial charge in [-0.25, -0.2) is 0 Å². The Balaban J connectivity index is 2.13. The van der Waals surface area contributed by atoms with E-state index in [9.17, 15) is 30.4 Å². The summed E-state index contributed by atoms with van der Waals surface area (Å²) in [5.41, 5.74) is 0.649. The minimum atomic E-state index is -1.29. The SMILES string of the molecule is N#CC(C(=O)NC(CO)C(O)c1ccc([N+](=O)[O-])cc1)c1ccccc1. The van der Waals surface area contributed by atoms with E-state index >= 15 is 0 Å². The van der Waals surface area contributed by atoms with Crippen molar-refractivity contribution < 1.29 is 19.9 Å². The van der Waals surface area contributed by atoms with E-state index in [2.05, 4.69) is 5.32 Å². The molecule has 3 atom stereocenters. The van der Waals surface area contributed by atoms with Crippen molar-refractivity contribution in [1.29, 1.82) is 5.26 Å². The van der Waals surface area contributed by atoms with Gasteiger partial charge in [0, 0.05) is 12.1 Å². The number of hydrogen-bond donors (Lipinski definition) is 3. The van der Waals surface area contributed by atoms with Crippen LogP contribution in [0.4, 0.5) is 5.69 Å². The molecule has 2 aromatic carbocycles. The van der Waals surface area contributed by atoms with Crippen molar-refractivity contribution in [3.05, 3.63) is 75.8 Å². The van der Waals surface area contributed by atoms with Crippen LogP contribution in [0.3, 0.4) is 0 Å². The zero-order valence-electron chi connectivity index (χ0n) is 13.6. The molecule has 8 nitrogen and oxygen atoms in total. The Morgan fingerprint density at radius 3 is 2.27 bits per heavy atom. The fourth-order valence-corrected chi connectivity index (χ4v) is 2.45. The number of amides is 1. The first-order valence-electron chi connectivity index (χ1n) is 7.76. The van der Waals surface area contributed by atoms with Gasteiger partial charge in [-0.3, -0.25) is 14.9 Å². The third-order valence-electron chi connectivity index (χ3n) is 3.88. The molecule has 0 aliphatic rings. The van der Waals surface area contributed by atoms with Crippen LogP contribution >= 0.6 is 0 Å². The highest BCUT2D eigenvalue weighted by Crippen LogP contribution is 2.22. The number of aliphatic hydroxyl groups excluding tert-OH is 2. The van der Waals surface area contributed by atoms with Crippen molar-refractivity contribution in [3.63, 3.8) is 0 Å². The number of nitrogens with zero attached hydrogens (tertiary/aromatic N) is 2. The Hall–Kier alpha value is -3.28. The average Bonchev–Trinajstić information content (AvgIpc) is 2.67. The zero-order chi connectivity index (χ0) is 19.1. The van der Waals surface area contributed by atoms with Crippen LogP contribution in [-0.4, -0.2) is 33.7 Å². The number of rotatable bonds is 7. The summed E-state index contributed by atoms with van der Waals surface area (Å²) in [7, 11) is 0. The zero-order valence-corrected chi connectivity index (χ0v) is 13.6. The van der Waals surface area contributed by atoms with E-state index in [0.29, 0.717) is 11.1 Å². The van der Waals surface area contributed by atoms with E-state index in [1.807, 2.05) is 6.07 Å². The number of nitro benzene ring substituents is 1. The highest BCUT2D eigenvalue weighted by molar-refractivity contribution is 5.86. The number of aliphatic hydroxyl groups is 2. The highest BCUT2D eigenvalue weighted by Gasteiger charge is 2.27. The van der Waals surface area contributed by atoms with E-state index in [1.54, 1.807) is 30.3 Å². The monoisotopic (exact) mass is 355 g/mol. The molecule has 0 radical (unpaired) electrons. The molecular formula is C18H17N3O5. The summed E-state index contributed by atoms with van der Waals surface area (Å²) in [6.07, 6.45) is -1.29. The number of non-ortho nitro benzene ring substituents is 1. The van der Waals surface area contributed by atoms with E-state index in [-0.39, 0.29) is 5.69 Å². The van der Waals surface area contributed by atoms with Crippen molar-refractivity contribution in [3.8, 4) is 6.07 Å². The third-order valence-corrected chi connectivity index (χ3v) is 3.88. The van der Waals surface area contributed by atoms with Crippen LogP contribution < -0.4 is 5.32 Å². The van der Waals surface area contributed by atoms with Gasteiger partial charge in [0.2, 0.25) is 5.91 Å². The molecule has 0 fully saturated rings. The molecule has 0 saturated carbocycles. The van der Waals surface area contributed by atoms with Crippen LogP contribution in [0.5, 0.6) is 0 Å². The third kappa shape index (κ3) is 4.42. The van der Waals surface area contributed by atoms with Gasteiger partial charge < -0.3 is 15.5 Å². The summed E-state index contributed by atoms with van der Waals surface area (Å²) in [6.45, 7) is -0.573. The Bertz CT molecular complexity index is 802. The van der Waals surface area contributed by atoms with Crippen LogP contribution in [0.15, 0.2) is 54.6 Å².